The summed E-state index contributed by atoms with van der Waals surface area (Å²) in [7, 11) is 1.39. The number of hydrogen-bond donors (Lipinski definition) is 3. The number of carbonyl (C=O) groups excluding carboxylic acids is 1. The molecule has 0 heterocycles. The molecule has 1 unspecified atom stereocenters. The van der Waals surface area contributed by atoms with Gasteiger partial charge in [0.1, 0.15) is 0 Å². The van der Waals surface area contributed by atoms with E-state index in [1.165, 1.54) is 7.11 Å². The molecule has 0 saturated heterocycles. The number of aliphatic carboxylic acids is 1. The summed E-state index contributed by atoms with van der Waals surface area (Å²) in [5.74, 6) is -0.510. The van der Waals surface area contributed by atoms with Crippen LogP contribution in [0.2, 0.25) is 0 Å². The van der Waals surface area contributed by atoms with E-state index in [0.717, 1.165) is 12.8 Å². The fourth-order valence-corrected chi connectivity index (χ4v) is 1.26. The lowest BCUT2D eigenvalue weighted by Crippen LogP contribution is -2.48. The van der Waals surface area contributed by atoms with Crippen molar-refractivity contribution < 1.29 is 19.4 Å². The normalized spacial score (nSPS) is 12.2. The van der Waals surface area contributed by atoms with E-state index in [0.29, 0.717) is 12.5 Å². The van der Waals surface area contributed by atoms with Gasteiger partial charge in [0.2, 0.25) is 0 Å². The molecule has 3 N–H and O–H groups in total. The van der Waals surface area contributed by atoms with Crippen molar-refractivity contribution in [3.63, 3.8) is 0 Å². The van der Waals surface area contributed by atoms with Crippen LogP contribution in [0.1, 0.15) is 26.7 Å². The summed E-state index contributed by atoms with van der Waals surface area (Å²) in [6, 6.07) is -1.48. The highest BCUT2D eigenvalue weighted by Crippen LogP contribution is 2.01. The first-order chi connectivity index (χ1) is 7.97. The molecule has 2 amide bonds. The maximum absolute atomic E-state index is 11.3. The van der Waals surface area contributed by atoms with Gasteiger partial charge < -0.3 is 20.5 Å². The second kappa shape index (κ2) is 8.81. The topological polar surface area (TPSA) is 87.7 Å². The Bertz CT molecular complexity index is 244. The average molecular weight is 246 g/mol. The summed E-state index contributed by atoms with van der Waals surface area (Å²) in [5, 5.41) is 13.7. The summed E-state index contributed by atoms with van der Waals surface area (Å²) in [5.41, 5.74) is 0. The second-order valence-electron chi connectivity index (χ2n) is 4.28. The number of methoxy groups -OCH3 is 1. The minimum Gasteiger partial charge on any atom is -0.480 e. The molecule has 0 aromatic rings. The molecule has 0 aromatic heterocycles. The third-order valence-electron chi connectivity index (χ3n) is 2.18. The molecular formula is C11H22N2O4. The minimum atomic E-state index is -1.11. The van der Waals surface area contributed by atoms with Gasteiger partial charge in [0.15, 0.2) is 6.04 Å². The number of nitrogens with one attached hydrogen (secondary N) is 2. The van der Waals surface area contributed by atoms with Crippen molar-refractivity contribution in [3.05, 3.63) is 0 Å². The van der Waals surface area contributed by atoms with Crippen molar-refractivity contribution in [1.82, 2.24) is 10.6 Å². The van der Waals surface area contributed by atoms with Crippen LogP contribution in [0.15, 0.2) is 0 Å². The Kier molecular flexibility index (Phi) is 8.13. The van der Waals surface area contributed by atoms with Gasteiger partial charge in [0.05, 0.1) is 6.61 Å². The molecule has 0 aliphatic heterocycles. The van der Waals surface area contributed by atoms with E-state index in [4.69, 9.17) is 9.84 Å². The Labute approximate surface area is 102 Å². The Morgan fingerprint density at radius 2 is 2.00 bits per heavy atom. The van der Waals surface area contributed by atoms with Crippen LogP contribution in [0.5, 0.6) is 0 Å². The van der Waals surface area contributed by atoms with Crippen molar-refractivity contribution in [2.24, 2.45) is 5.92 Å². The van der Waals surface area contributed by atoms with Crippen LogP contribution < -0.4 is 10.6 Å². The van der Waals surface area contributed by atoms with Crippen LogP contribution in [0.3, 0.4) is 0 Å². The highest BCUT2D eigenvalue weighted by atomic mass is 16.5. The minimum absolute atomic E-state index is 0.0469. The van der Waals surface area contributed by atoms with E-state index >= 15 is 0 Å². The molecule has 0 radical (unpaired) electrons. The first-order valence-corrected chi connectivity index (χ1v) is 5.73. The highest BCUT2D eigenvalue weighted by Gasteiger charge is 2.19. The van der Waals surface area contributed by atoms with E-state index < -0.39 is 18.0 Å². The zero-order chi connectivity index (χ0) is 13.3. The lowest BCUT2D eigenvalue weighted by molar-refractivity contribution is -0.140. The zero-order valence-electron chi connectivity index (χ0n) is 10.7. The molecule has 0 fully saturated rings. The molecule has 6 heteroatoms. The summed E-state index contributed by atoms with van der Waals surface area (Å²) < 4.78 is 4.70. The summed E-state index contributed by atoms with van der Waals surface area (Å²) >= 11 is 0. The maximum Gasteiger partial charge on any atom is 0.328 e. The average Bonchev–Trinajstić information content (AvgIpc) is 2.23. The first-order valence-electron chi connectivity index (χ1n) is 5.73. The van der Waals surface area contributed by atoms with Gasteiger partial charge >= 0.3 is 12.0 Å². The largest absolute Gasteiger partial charge is 0.480 e. The number of carboxylic acid groups (broad SMARTS) is 1. The smallest absolute Gasteiger partial charge is 0.328 e. The Morgan fingerprint density at radius 3 is 2.47 bits per heavy atom. The fourth-order valence-electron chi connectivity index (χ4n) is 1.26. The monoisotopic (exact) mass is 246 g/mol. The first kappa shape index (κ1) is 15.7. The van der Waals surface area contributed by atoms with Crippen LogP contribution in [-0.4, -0.2) is 43.4 Å². The molecular weight excluding hydrogens is 224 g/mol. The Hall–Kier alpha value is -1.30. The van der Waals surface area contributed by atoms with E-state index in [2.05, 4.69) is 24.5 Å². The molecule has 17 heavy (non-hydrogen) atoms. The van der Waals surface area contributed by atoms with Gasteiger partial charge in [-0.05, 0) is 18.8 Å². The molecule has 0 bridgehead atoms. The molecule has 0 rings (SSSR count). The van der Waals surface area contributed by atoms with Gasteiger partial charge in [-0.2, -0.15) is 0 Å². The molecule has 0 aliphatic carbocycles. The predicted octanol–water partition coefficient (Wildman–Crippen LogP) is 0.821. The van der Waals surface area contributed by atoms with Crippen molar-refractivity contribution in [1.29, 1.82) is 0 Å². The zero-order valence-corrected chi connectivity index (χ0v) is 10.7. The third kappa shape index (κ3) is 8.50. The maximum atomic E-state index is 11.3. The van der Waals surface area contributed by atoms with Crippen LogP contribution in [0.25, 0.3) is 0 Å². The molecule has 0 aliphatic rings. The molecule has 6 nitrogen and oxygen atoms in total. The number of carbonyl (C=O) groups is 2. The van der Waals surface area contributed by atoms with Crippen molar-refractivity contribution >= 4 is 12.0 Å². The lowest BCUT2D eigenvalue weighted by Gasteiger charge is -2.14. The molecule has 0 spiro atoms. The van der Waals surface area contributed by atoms with Crippen LogP contribution >= 0.6 is 0 Å². The van der Waals surface area contributed by atoms with Crippen LogP contribution in [-0.2, 0) is 9.53 Å². The molecule has 0 aromatic carbocycles. The van der Waals surface area contributed by atoms with Crippen molar-refractivity contribution in [3.8, 4) is 0 Å². The summed E-state index contributed by atoms with van der Waals surface area (Å²) in [6.45, 7) is 4.72. The standard InChI is InChI=1S/C11H22N2O4/c1-8(2)5-4-6-12-11(16)13-9(7-17-3)10(14)15/h8-9H,4-7H2,1-3H3,(H,14,15)(H2,12,13,16). The van der Waals surface area contributed by atoms with E-state index in [1.54, 1.807) is 0 Å². The molecule has 0 saturated carbocycles. The Balaban J connectivity index is 3.78. The van der Waals surface area contributed by atoms with Crippen molar-refractivity contribution in [2.75, 3.05) is 20.3 Å². The number of rotatable bonds is 8. The van der Waals surface area contributed by atoms with Gasteiger partial charge in [-0.1, -0.05) is 13.8 Å². The van der Waals surface area contributed by atoms with Crippen LogP contribution in [0, 0.1) is 5.92 Å². The summed E-state index contributed by atoms with van der Waals surface area (Å²) in [4.78, 5) is 22.1. The molecule has 100 valence electrons. The summed E-state index contributed by atoms with van der Waals surface area (Å²) in [6.07, 6.45) is 1.91. The van der Waals surface area contributed by atoms with Gasteiger partial charge in [0, 0.05) is 13.7 Å². The SMILES string of the molecule is COCC(NC(=O)NCCCC(C)C)C(=O)O. The number of ether oxygens (including phenoxy) is 1. The number of urea groups is 1. The Morgan fingerprint density at radius 1 is 1.35 bits per heavy atom. The second-order valence-corrected chi connectivity index (χ2v) is 4.28. The number of carboxylic acids is 1. The van der Waals surface area contributed by atoms with E-state index in [1.807, 2.05) is 0 Å². The quantitative estimate of drug-likeness (QED) is 0.553. The number of amides is 2. The third-order valence-corrected chi connectivity index (χ3v) is 2.18. The van der Waals surface area contributed by atoms with Gasteiger partial charge in [-0.25, -0.2) is 9.59 Å². The van der Waals surface area contributed by atoms with Gasteiger partial charge in [-0.15, -0.1) is 0 Å². The van der Waals surface area contributed by atoms with E-state index in [-0.39, 0.29) is 6.61 Å². The van der Waals surface area contributed by atoms with Gasteiger partial charge in [0.25, 0.3) is 0 Å². The van der Waals surface area contributed by atoms with Crippen LogP contribution in [0.4, 0.5) is 4.79 Å². The van der Waals surface area contributed by atoms with E-state index in [9.17, 15) is 9.59 Å². The van der Waals surface area contributed by atoms with Gasteiger partial charge in [-0.3, -0.25) is 0 Å². The molecule has 1 atom stereocenters. The lowest BCUT2D eigenvalue weighted by atomic mass is 10.1. The fraction of sp³-hybridized carbons (Fsp3) is 0.818. The van der Waals surface area contributed by atoms with Crippen molar-refractivity contribution in [2.45, 2.75) is 32.7 Å². The highest BCUT2D eigenvalue weighted by molar-refractivity contribution is 5.82. The predicted molar refractivity (Wildman–Crippen MR) is 63.9 cm³/mol. The number of hydrogen-bond acceptors (Lipinski definition) is 3.